The molecule has 0 radical (unpaired) electrons. The highest BCUT2D eigenvalue weighted by Crippen LogP contribution is 2.20. The summed E-state index contributed by atoms with van der Waals surface area (Å²) >= 11 is 5.92. The van der Waals surface area contributed by atoms with Gasteiger partial charge >= 0.3 is 0 Å². The van der Waals surface area contributed by atoms with E-state index in [-0.39, 0.29) is 11.9 Å². The minimum atomic E-state index is -0.596. The molecule has 122 valence electrons. The van der Waals surface area contributed by atoms with E-state index in [9.17, 15) is 4.79 Å². The average Bonchev–Trinajstić information content (AvgIpc) is 2.49. The Morgan fingerprint density at radius 3 is 2.57 bits per heavy atom. The molecule has 2 atom stereocenters. The maximum absolute atomic E-state index is 12.3. The molecule has 2 rings (SSSR count). The number of nitrogens with one attached hydrogen (secondary N) is 1. The largest absolute Gasteiger partial charge is 0.481 e. The third kappa shape index (κ3) is 4.73. The number of carbonyl (C=O) groups is 1. The molecule has 0 aliphatic rings. The highest BCUT2D eigenvalue weighted by atomic mass is 35.5. The second-order valence-electron chi connectivity index (χ2n) is 5.81. The number of benzene rings is 2. The first kappa shape index (κ1) is 17.4. The van der Waals surface area contributed by atoms with Crippen molar-refractivity contribution < 1.29 is 9.53 Å². The van der Waals surface area contributed by atoms with E-state index in [4.69, 9.17) is 16.3 Å². The zero-order chi connectivity index (χ0) is 17.0. The van der Waals surface area contributed by atoms with Gasteiger partial charge in [0.1, 0.15) is 5.75 Å². The maximum atomic E-state index is 12.3. The van der Waals surface area contributed by atoms with Gasteiger partial charge in [0.2, 0.25) is 0 Å². The highest BCUT2D eigenvalue weighted by molar-refractivity contribution is 6.30. The van der Waals surface area contributed by atoms with Crippen molar-refractivity contribution in [1.82, 2.24) is 5.32 Å². The van der Waals surface area contributed by atoms with Crippen molar-refractivity contribution in [3.63, 3.8) is 0 Å². The Labute approximate surface area is 142 Å². The van der Waals surface area contributed by atoms with Gasteiger partial charge in [0.15, 0.2) is 6.10 Å². The molecule has 0 saturated heterocycles. The van der Waals surface area contributed by atoms with Crippen molar-refractivity contribution in [2.24, 2.45) is 0 Å². The molecule has 0 spiro atoms. The van der Waals surface area contributed by atoms with Crippen LogP contribution in [0, 0.1) is 13.8 Å². The molecule has 0 saturated carbocycles. The summed E-state index contributed by atoms with van der Waals surface area (Å²) in [7, 11) is 0. The number of halogens is 1. The predicted molar refractivity (Wildman–Crippen MR) is 94.0 cm³/mol. The molecule has 0 aromatic heterocycles. The van der Waals surface area contributed by atoms with Crippen molar-refractivity contribution in [3.05, 3.63) is 64.2 Å². The van der Waals surface area contributed by atoms with Crippen LogP contribution in [0.1, 0.15) is 36.6 Å². The zero-order valence-corrected chi connectivity index (χ0v) is 14.6. The highest BCUT2D eigenvalue weighted by Gasteiger charge is 2.18. The third-order valence-corrected chi connectivity index (χ3v) is 3.97. The third-order valence-electron chi connectivity index (χ3n) is 3.74. The fourth-order valence-corrected chi connectivity index (χ4v) is 2.61. The van der Waals surface area contributed by atoms with Gasteiger partial charge in [-0.1, -0.05) is 41.4 Å². The van der Waals surface area contributed by atoms with Crippen molar-refractivity contribution in [2.45, 2.75) is 39.8 Å². The lowest BCUT2D eigenvalue weighted by molar-refractivity contribution is -0.127. The van der Waals surface area contributed by atoms with Gasteiger partial charge in [0, 0.05) is 5.02 Å². The fraction of sp³-hybridized carbons (Fsp3) is 0.316. The van der Waals surface area contributed by atoms with Gasteiger partial charge in [-0.15, -0.1) is 0 Å². The average molecular weight is 332 g/mol. The number of amides is 1. The Balaban J connectivity index is 2.01. The summed E-state index contributed by atoms with van der Waals surface area (Å²) in [6, 6.07) is 13.2. The lowest BCUT2D eigenvalue weighted by Gasteiger charge is -2.20. The zero-order valence-electron chi connectivity index (χ0n) is 13.9. The van der Waals surface area contributed by atoms with E-state index >= 15 is 0 Å². The molecule has 0 unspecified atom stereocenters. The molecule has 2 aromatic rings. The lowest BCUT2D eigenvalue weighted by Crippen LogP contribution is -2.38. The summed E-state index contributed by atoms with van der Waals surface area (Å²) in [6.07, 6.45) is -0.596. The maximum Gasteiger partial charge on any atom is 0.261 e. The van der Waals surface area contributed by atoms with Crippen LogP contribution >= 0.6 is 11.6 Å². The van der Waals surface area contributed by atoms with E-state index in [1.165, 1.54) is 5.56 Å². The van der Waals surface area contributed by atoms with Crippen LogP contribution in [0.5, 0.6) is 5.75 Å². The van der Waals surface area contributed by atoms with E-state index in [0.717, 1.165) is 11.1 Å². The molecule has 0 aliphatic carbocycles. The van der Waals surface area contributed by atoms with Crippen LogP contribution in [0.4, 0.5) is 0 Å². The summed E-state index contributed by atoms with van der Waals surface area (Å²) in [4.78, 5) is 12.3. The number of carbonyl (C=O) groups excluding carboxylic acids is 1. The van der Waals surface area contributed by atoms with Crippen LogP contribution in [-0.2, 0) is 4.79 Å². The van der Waals surface area contributed by atoms with Gasteiger partial charge in [0.25, 0.3) is 5.91 Å². The van der Waals surface area contributed by atoms with Gasteiger partial charge in [-0.3, -0.25) is 4.79 Å². The molecule has 3 nitrogen and oxygen atoms in total. The number of hydrogen-bond acceptors (Lipinski definition) is 2. The molecule has 0 heterocycles. The molecule has 1 amide bonds. The number of ether oxygens (including phenoxy) is 1. The van der Waals surface area contributed by atoms with Crippen molar-refractivity contribution >= 4 is 17.5 Å². The van der Waals surface area contributed by atoms with E-state index in [2.05, 4.69) is 23.5 Å². The first-order valence-electron chi connectivity index (χ1n) is 7.66. The minimum Gasteiger partial charge on any atom is -0.481 e. The van der Waals surface area contributed by atoms with Crippen LogP contribution < -0.4 is 10.1 Å². The molecule has 2 aromatic carbocycles. The standard InChI is InChI=1S/C19H22ClNO2/c1-12-8-9-13(2)18(10-12)14(3)21-19(22)15(4)23-17-7-5-6-16(20)11-17/h5-11,14-15H,1-4H3,(H,21,22)/t14-,15+/m1/s1. The molecule has 0 bridgehead atoms. The SMILES string of the molecule is Cc1ccc(C)c([C@@H](C)NC(=O)[C@H](C)Oc2cccc(Cl)c2)c1. The summed E-state index contributed by atoms with van der Waals surface area (Å²) in [5.74, 6) is 0.429. The Morgan fingerprint density at radius 1 is 1.13 bits per heavy atom. The topological polar surface area (TPSA) is 38.3 Å². The molecule has 23 heavy (non-hydrogen) atoms. The first-order chi connectivity index (χ1) is 10.9. The van der Waals surface area contributed by atoms with Crippen molar-refractivity contribution in [1.29, 1.82) is 0 Å². The summed E-state index contributed by atoms with van der Waals surface area (Å²) in [5.41, 5.74) is 3.45. The Kier molecular flexibility index (Phi) is 5.67. The predicted octanol–water partition coefficient (Wildman–Crippen LogP) is 4.60. The smallest absolute Gasteiger partial charge is 0.261 e. The normalized spacial score (nSPS) is 13.3. The Morgan fingerprint density at radius 2 is 1.87 bits per heavy atom. The lowest BCUT2D eigenvalue weighted by atomic mass is 10.00. The molecule has 4 heteroatoms. The van der Waals surface area contributed by atoms with E-state index in [1.807, 2.05) is 20.8 Å². The summed E-state index contributed by atoms with van der Waals surface area (Å²) in [5, 5.41) is 3.58. The number of aryl methyl sites for hydroxylation is 2. The van der Waals surface area contributed by atoms with Crippen LogP contribution in [0.2, 0.25) is 5.02 Å². The summed E-state index contributed by atoms with van der Waals surface area (Å²) in [6.45, 7) is 7.80. The quantitative estimate of drug-likeness (QED) is 0.869. The summed E-state index contributed by atoms with van der Waals surface area (Å²) < 4.78 is 5.65. The van der Waals surface area contributed by atoms with Crippen molar-refractivity contribution in [2.75, 3.05) is 0 Å². The monoisotopic (exact) mass is 331 g/mol. The molecule has 0 aliphatic heterocycles. The molecule has 0 fully saturated rings. The second kappa shape index (κ2) is 7.51. The van der Waals surface area contributed by atoms with Crippen LogP contribution in [-0.4, -0.2) is 12.0 Å². The van der Waals surface area contributed by atoms with Crippen LogP contribution in [0.3, 0.4) is 0 Å². The van der Waals surface area contributed by atoms with E-state index in [1.54, 1.807) is 31.2 Å². The first-order valence-corrected chi connectivity index (χ1v) is 8.04. The van der Waals surface area contributed by atoms with E-state index in [0.29, 0.717) is 10.8 Å². The van der Waals surface area contributed by atoms with Crippen LogP contribution in [0.15, 0.2) is 42.5 Å². The van der Waals surface area contributed by atoms with Gasteiger partial charge in [0.05, 0.1) is 6.04 Å². The molecule has 1 N–H and O–H groups in total. The Hall–Kier alpha value is -2.00. The molecular weight excluding hydrogens is 310 g/mol. The number of rotatable bonds is 5. The second-order valence-corrected chi connectivity index (χ2v) is 6.24. The molecular formula is C19H22ClNO2. The van der Waals surface area contributed by atoms with Gasteiger partial charge in [-0.25, -0.2) is 0 Å². The number of hydrogen-bond donors (Lipinski definition) is 1. The Bertz CT molecular complexity index is 700. The van der Waals surface area contributed by atoms with Gasteiger partial charge in [-0.05, 0) is 57.0 Å². The van der Waals surface area contributed by atoms with E-state index < -0.39 is 6.10 Å². The van der Waals surface area contributed by atoms with Gasteiger partial charge < -0.3 is 10.1 Å². The van der Waals surface area contributed by atoms with Crippen molar-refractivity contribution in [3.8, 4) is 5.75 Å². The van der Waals surface area contributed by atoms with Gasteiger partial charge in [-0.2, -0.15) is 0 Å². The van der Waals surface area contributed by atoms with Crippen LogP contribution in [0.25, 0.3) is 0 Å². The fourth-order valence-electron chi connectivity index (χ4n) is 2.43. The minimum absolute atomic E-state index is 0.0761.